The summed E-state index contributed by atoms with van der Waals surface area (Å²) < 4.78 is 0.538. The molecule has 2 rings (SSSR count). The van der Waals surface area contributed by atoms with E-state index in [1.54, 1.807) is 6.07 Å². The number of carboxylic acids is 1. The third kappa shape index (κ3) is 1.34. The van der Waals surface area contributed by atoms with Crippen molar-refractivity contribution in [1.29, 1.82) is 0 Å². The van der Waals surface area contributed by atoms with Crippen molar-refractivity contribution in [2.45, 2.75) is 24.9 Å². The van der Waals surface area contributed by atoms with Gasteiger partial charge in [0, 0.05) is 10.4 Å². The van der Waals surface area contributed by atoms with E-state index in [0.29, 0.717) is 16.3 Å². The van der Waals surface area contributed by atoms with Crippen molar-refractivity contribution in [1.82, 2.24) is 0 Å². The van der Waals surface area contributed by atoms with Gasteiger partial charge in [0.05, 0.1) is 4.34 Å². The molecule has 1 heterocycles. The molecule has 1 aliphatic rings. The number of carbonyl (C=O) groups is 1. The molecule has 1 aliphatic carbocycles. The Bertz CT molecular complexity index is 387. The summed E-state index contributed by atoms with van der Waals surface area (Å²) in [4.78, 5) is 11.9. The summed E-state index contributed by atoms with van der Waals surface area (Å²) in [7, 11) is 0. The first-order valence-corrected chi connectivity index (χ1v) is 5.48. The van der Waals surface area contributed by atoms with Crippen LogP contribution in [0.4, 0.5) is 0 Å². The first-order valence-electron chi connectivity index (χ1n) is 4.28. The van der Waals surface area contributed by atoms with Crippen LogP contribution in [0.5, 0.6) is 0 Å². The number of fused-ring (bicyclic) bond motifs is 1. The van der Waals surface area contributed by atoms with E-state index in [2.05, 4.69) is 0 Å². The van der Waals surface area contributed by atoms with Gasteiger partial charge < -0.3 is 10.2 Å². The van der Waals surface area contributed by atoms with Crippen molar-refractivity contribution in [3.8, 4) is 0 Å². The highest BCUT2D eigenvalue weighted by Crippen LogP contribution is 2.41. The molecule has 2 N–H and O–H groups in total. The van der Waals surface area contributed by atoms with Crippen molar-refractivity contribution in [3.63, 3.8) is 0 Å². The molecule has 0 aromatic carbocycles. The van der Waals surface area contributed by atoms with Crippen LogP contribution in [0, 0.1) is 0 Å². The molecule has 14 heavy (non-hydrogen) atoms. The summed E-state index contributed by atoms with van der Waals surface area (Å²) in [6, 6.07) is 1.56. The van der Waals surface area contributed by atoms with Crippen molar-refractivity contribution in [2.75, 3.05) is 0 Å². The van der Waals surface area contributed by atoms with Gasteiger partial charge in [0.2, 0.25) is 0 Å². The molecular weight excluding hydrogens is 224 g/mol. The van der Waals surface area contributed by atoms with Crippen LogP contribution in [0.2, 0.25) is 4.34 Å². The van der Waals surface area contributed by atoms with Gasteiger partial charge in [-0.1, -0.05) is 11.6 Å². The second-order valence-electron chi connectivity index (χ2n) is 3.41. The van der Waals surface area contributed by atoms with E-state index in [-0.39, 0.29) is 6.42 Å². The first-order chi connectivity index (χ1) is 6.54. The maximum Gasteiger partial charge on any atom is 0.340 e. The van der Waals surface area contributed by atoms with E-state index in [9.17, 15) is 9.90 Å². The van der Waals surface area contributed by atoms with Crippen LogP contribution >= 0.6 is 22.9 Å². The first kappa shape index (κ1) is 9.96. The lowest BCUT2D eigenvalue weighted by molar-refractivity contribution is -0.161. The number of hydrogen-bond acceptors (Lipinski definition) is 3. The van der Waals surface area contributed by atoms with Crippen LogP contribution in [0.3, 0.4) is 0 Å². The highest BCUT2D eigenvalue weighted by molar-refractivity contribution is 7.16. The van der Waals surface area contributed by atoms with Crippen LogP contribution in [0.1, 0.15) is 23.3 Å². The molecule has 1 aromatic heterocycles. The molecule has 5 heteroatoms. The van der Waals surface area contributed by atoms with Crippen molar-refractivity contribution < 1.29 is 15.0 Å². The SMILES string of the molecule is O=C(O)C1(O)CCCc2sc(Cl)cc21. The van der Waals surface area contributed by atoms with Gasteiger partial charge in [-0.25, -0.2) is 4.79 Å². The fourth-order valence-corrected chi connectivity index (χ4v) is 3.18. The van der Waals surface area contributed by atoms with Crippen LogP contribution in [-0.4, -0.2) is 16.2 Å². The van der Waals surface area contributed by atoms with E-state index in [1.807, 2.05) is 0 Å². The number of rotatable bonds is 1. The zero-order valence-electron chi connectivity index (χ0n) is 7.29. The third-order valence-corrected chi connectivity index (χ3v) is 3.84. The van der Waals surface area contributed by atoms with Gasteiger partial charge in [-0.2, -0.15) is 0 Å². The zero-order chi connectivity index (χ0) is 10.3. The largest absolute Gasteiger partial charge is 0.479 e. The fourth-order valence-electron chi connectivity index (χ4n) is 1.79. The molecule has 0 aliphatic heterocycles. The number of aliphatic carboxylic acids is 1. The molecule has 76 valence electrons. The van der Waals surface area contributed by atoms with Gasteiger partial charge in [-0.05, 0) is 25.3 Å². The zero-order valence-corrected chi connectivity index (χ0v) is 8.86. The summed E-state index contributed by atoms with van der Waals surface area (Å²) in [5.74, 6) is -1.19. The molecule has 0 amide bonds. The van der Waals surface area contributed by atoms with Crippen LogP contribution in [-0.2, 0) is 16.8 Å². The Morgan fingerprint density at radius 1 is 1.64 bits per heavy atom. The summed E-state index contributed by atoms with van der Waals surface area (Å²) in [5, 5.41) is 18.9. The molecule has 0 radical (unpaired) electrons. The maximum atomic E-state index is 11.0. The average molecular weight is 233 g/mol. The minimum absolute atomic E-state index is 0.266. The lowest BCUT2D eigenvalue weighted by Crippen LogP contribution is -2.38. The normalized spacial score (nSPS) is 25.9. The van der Waals surface area contributed by atoms with Crippen molar-refractivity contribution in [3.05, 3.63) is 20.8 Å². The molecule has 0 spiro atoms. The molecule has 1 atom stereocenters. The van der Waals surface area contributed by atoms with Crippen molar-refractivity contribution in [2.24, 2.45) is 0 Å². The Hall–Kier alpha value is -0.580. The second-order valence-corrected chi connectivity index (χ2v) is 5.17. The third-order valence-electron chi connectivity index (χ3n) is 2.52. The fraction of sp³-hybridized carbons (Fsp3) is 0.444. The lowest BCUT2D eigenvalue weighted by Gasteiger charge is -2.27. The Morgan fingerprint density at radius 3 is 3.00 bits per heavy atom. The molecule has 0 saturated heterocycles. The predicted molar refractivity (Wildman–Crippen MR) is 53.8 cm³/mol. The number of hydrogen-bond donors (Lipinski definition) is 2. The highest BCUT2D eigenvalue weighted by Gasteiger charge is 2.42. The molecule has 1 aromatic rings. The average Bonchev–Trinajstić information content (AvgIpc) is 2.47. The number of aliphatic hydroxyl groups is 1. The van der Waals surface area contributed by atoms with Crippen LogP contribution in [0.25, 0.3) is 0 Å². The highest BCUT2D eigenvalue weighted by atomic mass is 35.5. The van der Waals surface area contributed by atoms with E-state index >= 15 is 0 Å². The quantitative estimate of drug-likeness (QED) is 0.779. The van der Waals surface area contributed by atoms with Gasteiger partial charge >= 0.3 is 5.97 Å². The van der Waals surface area contributed by atoms with Crippen molar-refractivity contribution >= 4 is 28.9 Å². The molecule has 0 bridgehead atoms. The van der Waals surface area contributed by atoms with E-state index < -0.39 is 11.6 Å². The summed E-state index contributed by atoms with van der Waals surface area (Å²) in [6.07, 6.45) is 1.76. The minimum atomic E-state index is -1.72. The van der Waals surface area contributed by atoms with Gasteiger partial charge in [0.15, 0.2) is 5.60 Å². The molecular formula is C9H9ClO3S. The molecule has 0 fully saturated rings. The summed E-state index contributed by atoms with van der Waals surface area (Å²) in [5.41, 5.74) is -1.25. The Kier molecular flexibility index (Phi) is 2.29. The Labute approximate surface area is 89.9 Å². The lowest BCUT2D eigenvalue weighted by atomic mass is 9.83. The van der Waals surface area contributed by atoms with E-state index in [4.69, 9.17) is 16.7 Å². The Morgan fingerprint density at radius 2 is 2.36 bits per heavy atom. The maximum absolute atomic E-state index is 11.0. The molecule has 3 nitrogen and oxygen atoms in total. The van der Waals surface area contributed by atoms with Gasteiger partial charge in [0.1, 0.15) is 0 Å². The van der Waals surface area contributed by atoms with Gasteiger partial charge in [0.25, 0.3) is 0 Å². The molecule has 1 unspecified atom stereocenters. The standard InChI is InChI=1S/C9H9ClO3S/c10-7-4-5-6(14-7)2-1-3-9(5,13)8(11)12/h4,13H,1-3H2,(H,11,12). The summed E-state index contributed by atoms with van der Waals surface area (Å²) >= 11 is 7.15. The van der Waals surface area contributed by atoms with E-state index in [0.717, 1.165) is 11.3 Å². The number of thiophene rings is 1. The second kappa shape index (κ2) is 3.22. The summed E-state index contributed by atoms with van der Waals surface area (Å²) in [6.45, 7) is 0. The Balaban J connectivity index is 2.54. The van der Waals surface area contributed by atoms with Gasteiger partial charge in [-0.15, -0.1) is 11.3 Å². The van der Waals surface area contributed by atoms with E-state index in [1.165, 1.54) is 11.3 Å². The monoisotopic (exact) mass is 232 g/mol. The van der Waals surface area contributed by atoms with Gasteiger partial charge in [-0.3, -0.25) is 0 Å². The number of carboxylic acid groups (broad SMARTS) is 1. The number of aryl methyl sites for hydroxylation is 1. The number of halogens is 1. The minimum Gasteiger partial charge on any atom is -0.479 e. The smallest absolute Gasteiger partial charge is 0.340 e. The topological polar surface area (TPSA) is 57.5 Å². The predicted octanol–water partition coefficient (Wildman–Crippen LogP) is 2.01. The van der Waals surface area contributed by atoms with Crippen LogP contribution < -0.4 is 0 Å². The van der Waals surface area contributed by atoms with Crippen LogP contribution in [0.15, 0.2) is 6.07 Å². The molecule has 0 saturated carbocycles.